The molecule has 0 heterocycles. The number of nitrogens with zero attached hydrogens (tertiary/aromatic N) is 1. The molecule has 1 N–H and O–H groups in total. The zero-order chi connectivity index (χ0) is 18.6. The van der Waals surface area contributed by atoms with Crippen LogP contribution in [0.4, 0.5) is 0 Å². The number of rotatable bonds is 18. The van der Waals surface area contributed by atoms with Crippen molar-refractivity contribution in [3.8, 4) is 0 Å². The highest BCUT2D eigenvalue weighted by atomic mass is 16.2. The summed E-state index contributed by atoms with van der Waals surface area (Å²) in [6, 6.07) is 0. The van der Waals surface area contributed by atoms with E-state index in [1.165, 1.54) is 89.9 Å². The van der Waals surface area contributed by atoms with E-state index in [1.54, 1.807) is 0 Å². The Morgan fingerprint density at radius 1 is 0.680 bits per heavy atom. The fourth-order valence-electron chi connectivity index (χ4n) is 2.95. The molecule has 0 aromatic carbocycles. The van der Waals surface area contributed by atoms with Crippen molar-refractivity contribution >= 4 is 11.6 Å². The minimum atomic E-state index is 0.0579. The van der Waals surface area contributed by atoms with Gasteiger partial charge in [-0.3, -0.25) is 4.79 Å². The number of unbranched alkanes of at least 4 members (excludes halogenated alkanes) is 14. The molecule has 0 aliphatic carbocycles. The maximum atomic E-state index is 11.6. The lowest BCUT2D eigenvalue weighted by atomic mass is 10.0. The van der Waals surface area contributed by atoms with Gasteiger partial charge in [-0.2, -0.15) is 5.10 Å². The summed E-state index contributed by atoms with van der Waals surface area (Å²) in [4.78, 5) is 11.6. The van der Waals surface area contributed by atoms with Gasteiger partial charge in [0.25, 0.3) is 0 Å². The van der Waals surface area contributed by atoms with Gasteiger partial charge in [-0.15, -0.1) is 0 Å². The predicted octanol–water partition coefficient (Wildman–Crippen LogP) is 7.15. The molecular weight excluding hydrogens is 308 g/mol. The Kier molecular flexibility index (Phi) is 18.8. The van der Waals surface area contributed by atoms with Crippen molar-refractivity contribution in [3.05, 3.63) is 0 Å². The average molecular weight is 353 g/mol. The molecule has 0 aromatic heterocycles. The minimum Gasteiger partial charge on any atom is -0.273 e. The van der Waals surface area contributed by atoms with Gasteiger partial charge in [-0.25, -0.2) is 5.43 Å². The first-order chi connectivity index (χ1) is 12.2. The van der Waals surface area contributed by atoms with Gasteiger partial charge in [0.15, 0.2) is 0 Å². The molecule has 0 fully saturated rings. The molecule has 0 aromatic rings. The number of carbonyl (C=O) groups is 1. The Balaban J connectivity index is 3.17. The molecule has 1 amide bonds. The molecule has 0 unspecified atom stereocenters. The molecule has 25 heavy (non-hydrogen) atoms. The van der Waals surface area contributed by atoms with E-state index in [1.807, 2.05) is 13.8 Å². The van der Waals surface area contributed by atoms with E-state index >= 15 is 0 Å². The van der Waals surface area contributed by atoms with Crippen LogP contribution in [-0.2, 0) is 4.79 Å². The lowest BCUT2D eigenvalue weighted by Gasteiger charge is -2.04. The van der Waals surface area contributed by atoms with Crippen molar-refractivity contribution in [3.63, 3.8) is 0 Å². The fourth-order valence-corrected chi connectivity index (χ4v) is 2.95. The molecule has 3 nitrogen and oxygen atoms in total. The number of hydrogen-bond acceptors (Lipinski definition) is 2. The van der Waals surface area contributed by atoms with Crippen molar-refractivity contribution in [1.82, 2.24) is 5.43 Å². The highest BCUT2D eigenvalue weighted by Gasteiger charge is 2.00. The summed E-state index contributed by atoms with van der Waals surface area (Å²) in [6.45, 7) is 6.26. The first-order valence-corrected chi connectivity index (χ1v) is 11.0. The largest absolute Gasteiger partial charge is 0.273 e. The van der Waals surface area contributed by atoms with Crippen LogP contribution < -0.4 is 5.43 Å². The van der Waals surface area contributed by atoms with Crippen LogP contribution in [0.1, 0.15) is 130 Å². The van der Waals surface area contributed by atoms with Crippen LogP contribution in [0.15, 0.2) is 5.10 Å². The topological polar surface area (TPSA) is 41.5 Å². The summed E-state index contributed by atoms with van der Waals surface area (Å²) < 4.78 is 0. The summed E-state index contributed by atoms with van der Waals surface area (Å²) in [5.41, 5.74) is 3.61. The zero-order valence-electron chi connectivity index (χ0n) is 17.4. The molecule has 0 aliphatic rings. The van der Waals surface area contributed by atoms with E-state index in [0.717, 1.165) is 18.6 Å². The molecule has 0 radical (unpaired) electrons. The second-order valence-corrected chi connectivity index (χ2v) is 7.44. The van der Waals surface area contributed by atoms with Crippen LogP contribution in [-0.4, -0.2) is 11.6 Å². The number of carbonyl (C=O) groups excluding carboxylic acids is 1. The molecule has 0 spiro atoms. The van der Waals surface area contributed by atoms with Crippen LogP contribution in [0.25, 0.3) is 0 Å². The van der Waals surface area contributed by atoms with E-state index in [4.69, 9.17) is 0 Å². The summed E-state index contributed by atoms with van der Waals surface area (Å²) in [6.07, 6.45) is 21.8. The van der Waals surface area contributed by atoms with Crippen LogP contribution in [0.3, 0.4) is 0 Å². The average Bonchev–Trinajstić information content (AvgIpc) is 2.62. The van der Waals surface area contributed by atoms with E-state index in [-0.39, 0.29) is 5.91 Å². The molecule has 0 atom stereocenters. The van der Waals surface area contributed by atoms with Crippen LogP contribution >= 0.6 is 0 Å². The zero-order valence-corrected chi connectivity index (χ0v) is 17.4. The highest BCUT2D eigenvalue weighted by molar-refractivity contribution is 5.84. The summed E-state index contributed by atoms with van der Waals surface area (Å²) in [7, 11) is 0. The molecule has 0 bridgehead atoms. The third kappa shape index (κ3) is 19.3. The molecule has 148 valence electrons. The Morgan fingerprint density at radius 2 is 1.08 bits per heavy atom. The predicted molar refractivity (Wildman–Crippen MR) is 111 cm³/mol. The Morgan fingerprint density at radius 3 is 1.48 bits per heavy atom. The summed E-state index contributed by atoms with van der Waals surface area (Å²) in [5, 5.41) is 4.05. The lowest BCUT2D eigenvalue weighted by Crippen LogP contribution is -2.18. The number of hydrazone groups is 1. The summed E-state index contributed by atoms with van der Waals surface area (Å²) in [5.74, 6) is 0.0579. The minimum absolute atomic E-state index is 0.0579. The molecule has 0 saturated heterocycles. The maximum Gasteiger partial charge on any atom is 0.240 e. The second kappa shape index (κ2) is 19.5. The number of hydrogen-bond donors (Lipinski definition) is 1. The third-order valence-electron chi connectivity index (χ3n) is 4.89. The fraction of sp³-hybridized carbons (Fsp3) is 0.909. The Bertz CT molecular complexity index is 326. The number of nitrogens with one attached hydrogen (secondary N) is 1. The van der Waals surface area contributed by atoms with Crippen molar-refractivity contribution in [1.29, 1.82) is 0 Å². The molecule has 3 heteroatoms. The van der Waals surface area contributed by atoms with Crippen LogP contribution in [0.2, 0.25) is 0 Å². The molecular formula is C22H44N2O. The van der Waals surface area contributed by atoms with Gasteiger partial charge in [-0.05, 0) is 19.8 Å². The van der Waals surface area contributed by atoms with Gasteiger partial charge in [0.05, 0.1) is 0 Å². The van der Waals surface area contributed by atoms with E-state index in [2.05, 4.69) is 17.5 Å². The van der Waals surface area contributed by atoms with E-state index < -0.39 is 0 Å². The normalized spacial score (nSPS) is 11.7. The lowest BCUT2D eigenvalue weighted by molar-refractivity contribution is -0.121. The van der Waals surface area contributed by atoms with E-state index in [9.17, 15) is 4.79 Å². The second-order valence-electron chi connectivity index (χ2n) is 7.44. The van der Waals surface area contributed by atoms with Gasteiger partial charge in [-0.1, -0.05) is 104 Å². The summed E-state index contributed by atoms with van der Waals surface area (Å²) >= 11 is 0. The van der Waals surface area contributed by atoms with Gasteiger partial charge < -0.3 is 0 Å². The van der Waals surface area contributed by atoms with Crippen LogP contribution in [0.5, 0.6) is 0 Å². The highest BCUT2D eigenvalue weighted by Crippen LogP contribution is 2.13. The van der Waals surface area contributed by atoms with Gasteiger partial charge in [0.1, 0.15) is 0 Å². The van der Waals surface area contributed by atoms with Crippen LogP contribution in [0, 0.1) is 0 Å². The molecule has 0 saturated carbocycles. The first-order valence-electron chi connectivity index (χ1n) is 11.0. The van der Waals surface area contributed by atoms with Crippen molar-refractivity contribution in [2.45, 2.75) is 130 Å². The molecule has 0 aliphatic heterocycles. The van der Waals surface area contributed by atoms with Crippen molar-refractivity contribution in [2.75, 3.05) is 0 Å². The first kappa shape index (κ1) is 24.1. The molecule has 0 rings (SSSR count). The van der Waals surface area contributed by atoms with Crippen molar-refractivity contribution in [2.24, 2.45) is 5.10 Å². The SMILES string of the molecule is CCCCCCCCCCCCCCCCCC(=O)N/N=C(\C)CC. The maximum absolute atomic E-state index is 11.6. The van der Waals surface area contributed by atoms with Gasteiger partial charge >= 0.3 is 0 Å². The van der Waals surface area contributed by atoms with Crippen molar-refractivity contribution < 1.29 is 4.79 Å². The monoisotopic (exact) mass is 352 g/mol. The quantitative estimate of drug-likeness (QED) is 0.159. The number of amides is 1. The van der Waals surface area contributed by atoms with E-state index in [0.29, 0.717) is 6.42 Å². The van der Waals surface area contributed by atoms with Gasteiger partial charge in [0.2, 0.25) is 5.91 Å². The standard InChI is InChI=1S/C22H44N2O/c1-4-6-7-8-9-10-11-12-13-14-15-16-17-18-19-20-22(25)24-23-21(3)5-2/h4-20H2,1-3H3,(H,24,25)/b23-21+. The Labute approximate surface area is 157 Å². The third-order valence-corrected chi connectivity index (χ3v) is 4.89. The smallest absolute Gasteiger partial charge is 0.240 e. The van der Waals surface area contributed by atoms with Gasteiger partial charge in [0, 0.05) is 12.1 Å². The Hall–Kier alpha value is -0.860.